The Bertz CT molecular complexity index is 460. The molecular formula is C16H23FN2. The summed E-state index contributed by atoms with van der Waals surface area (Å²) >= 11 is 0. The van der Waals surface area contributed by atoms with E-state index in [4.69, 9.17) is 5.73 Å². The highest BCUT2D eigenvalue weighted by atomic mass is 19.1. The Hall–Kier alpha value is -1.09. The quantitative estimate of drug-likeness (QED) is 0.906. The van der Waals surface area contributed by atoms with E-state index in [9.17, 15) is 4.39 Å². The lowest BCUT2D eigenvalue weighted by Crippen LogP contribution is -2.32. The molecule has 1 aromatic rings. The molecule has 0 bridgehead atoms. The SMILES string of the molecule is CC(N)C1(c2ccc(N3CCCCC3)c(F)c2)CC1. The van der Waals surface area contributed by atoms with Crippen LogP contribution in [0.1, 0.15) is 44.6 Å². The third-order valence-corrected chi connectivity index (χ3v) is 4.88. The largest absolute Gasteiger partial charge is 0.369 e. The molecule has 2 fully saturated rings. The number of hydrogen-bond donors (Lipinski definition) is 1. The van der Waals surface area contributed by atoms with Crippen molar-refractivity contribution in [3.05, 3.63) is 29.6 Å². The van der Waals surface area contributed by atoms with Crippen LogP contribution in [0.3, 0.4) is 0 Å². The van der Waals surface area contributed by atoms with E-state index >= 15 is 0 Å². The Morgan fingerprint density at radius 1 is 1.21 bits per heavy atom. The molecule has 0 amide bonds. The molecule has 19 heavy (non-hydrogen) atoms. The second-order valence-electron chi connectivity index (χ2n) is 6.16. The van der Waals surface area contributed by atoms with Crippen molar-refractivity contribution in [2.75, 3.05) is 18.0 Å². The van der Waals surface area contributed by atoms with Gasteiger partial charge in [0, 0.05) is 24.5 Å². The molecule has 2 N–H and O–H groups in total. The summed E-state index contributed by atoms with van der Waals surface area (Å²) in [5.41, 5.74) is 7.96. The number of anilines is 1. The van der Waals surface area contributed by atoms with Crippen LogP contribution >= 0.6 is 0 Å². The lowest BCUT2D eigenvalue weighted by atomic mass is 9.89. The summed E-state index contributed by atoms with van der Waals surface area (Å²) < 4.78 is 14.4. The molecule has 1 atom stereocenters. The van der Waals surface area contributed by atoms with E-state index in [1.807, 2.05) is 13.0 Å². The van der Waals surface area contributed by atoms with Crippen LogP contribution in [-0.4, -0.2) is 19.1 Å². The minimum atomic E-state index is -0.0775. The fourth-order valence-corrected chi connectivity index (χ4v) is 3.35. The van der Waals surface area contributed by atoms with Crippen molar-refractivity contribution in [2.24, 2.45) is 5.73 Å². The average molecular weight is 262 g/mol. The van der Waals surface area contributed by atoms with Gasteiger partial charge in [-0.3, -0.25) is 0 Å². The molecule has 3 heteroatoms. The van der Waals surface area contributed by atoms with Crippen molar-refractivity contribution in [2.45, 2.75) is 50.5 Å². The summed E-state index contributed by atoms with van der Waals surface area (Å²) in [6, 6.07) is 5.87. The Balaban J connectivity index is 1.86. The maximum atomic E-state index is 14.4. The highest BCUT2D eigenvalue weighted by Gasteiger charge is 2.47. The van der Waals surface area contributed by atoms with Crippen molar-refractivity contribution in [1.82, 2.24) is 0 Å². The number of hydrogen-bond acceptors (Lipinski definition) is 2. The van der Waals surface area contributed by atoms with Gasteiger partial charge in [0.25, 0.3) is 0 Å². The van der Waals surface area contributed by atoms with E-state index in [1.54, 1.807) is 6.07 Å². The third kappa shape index (κ3) is 2.25. The number of rotatable bonds is 3. The molecule has 3 rings (SSSR count). The Labute approximate surface area is 114 Å². The second kappa shape index (κ2) is 4.78. The molecule has 0 radical (unpaired) electrons. The molecule has 104 valence electrons. The van der Waals surface area contributed by atoms with Gasteiger partial charge in [0.15, 0.2) is 0 Å². The van der Waals surface area contributed by atoms with E-state index in [0.29, 0.717) is 0 Å². The van der Waals surface area contributed by atoms with E-state index in [-0.39, 0.29) is 17.3 Å². The van der Waals surface area contributed by atoms with Gasteiger partial charge in [0.2, 0.25) is 0 Å². The molecule has 1 unspecified atom stereocenters. The van der Waals surface area contributed by atoms with Gasteiger partial charge in [-0.15, -0.1) is 0 Å². The molecule has 0 aromatic heterocycles. The number of piperidine rings is 1. The maximum absolute atomic E-state index is 14.4. The summed E-state index contributed by atoms with van der Waals surface area (Å²) in [7, 11) is 0. The topological polar surface area (TPSA) is 29.3 Å². The summed E-state index contributed by atoms with van der Waals surface area (Å²) in [6.45, 7) is 3.99. The number of nitrogens with two attached hydrogens (primary N) is 1. The maximum Gasteiger partial charge on any atom is 0.146 e. The van der Waals surface area contributed by atoms with Crippen molar-refractivity contribution >= 4 is 5.69 Å². The zero-order valence-corrected chi connectivity index (χ0v) is 11.7. The Kier molecular flexibility index (Phi) is 3.25. The van der Waals surface area contributed by atoms with Crippen molar-refractivity contribution < 1.29 is 4.39 Å². The Morgan fingerprint density at radius 3 is 2.42 bits per heavy atom. The summed E-state index contributed by atoms with van der Waals surface area (Å²) in [6.07, 6.45) is 5.79. The van der Waals surface area contributed by atoms with Crippen LogP contribution in [0.25, 0.3) is 0 Å². The van der Waals surface area contributed by atoms with Gasteiger partial charge in [-0.25, -0.2) is 4.39 Å². The summed E-state index contributed by atoms with van der Waals surface area (Å²) in [5, 5.41) is 0. The number of benzene rings is 1. The van der Waals surface area contributed by atoms with Gasteiger partial charge in [-0.05, 0) is 56.7 Å². The van der Waals surface area contributed by atoms with Crippen molar-refractivity contribution in [3.63, 3.8) is 0 Å². The zero-order valence-electron chi connectivity index (χ0n) is 11.7. The first kappa shape index (κ1) is 12.9. The van der Waals surface area contributed by atoms with Crippen LogP contribution in [-0.2, 0) is 5.41 Å². The molecule has 1 saturated carbocycles. The molecule has 1 aromatic carbocycles. The first-order valence-corrected chi connectivity index (χ1v) is 7.44. The highest BCUT2D eigenvalue weighted by molar-refractivity contribution is 5.51. The lowest BCUT2D eigenvalue weighted by Gasteiger charge is -2.30. The predicted molar refractivity (Wildman–Crippen MR) is 77.0 cm³/mol. The normalized spacial score (nSPS) is 23.2. The highest BCUT2D eigenvalue weighted by Crippen LogP contribution is 2.50. The Morgan fingerprint density at radius 2 is 1.89 bits per heavy atom. The van der Waals surface area contributed by atoms with Gasteiger partial charge in [0.05, 0.1) is 5.69 Å². The molecule has 1 saturated heterocycles. The predicted octanol–water partition coefficient (Wildman–Crippen LogP) is 3.19. The fourth-order valence-electron chi connectivity index (χ4n) is 3.35. The molecule has 1 aliphatic heterocycles. The second-order valence-corrected chi connectivity index (χ2v) is 6.16. The fraction of sp³-hybridized carbons (Fsp3) is 0.625. The van der Waals surface area contributed by atoms with E-state index in [2.05, 4.69) is 11.0 Å². The summed E-state index contributed by atoms with van der Waals surface area (Å²) in [4.78, 5) is 2.17. The zero-order chi connectivity index (χ0) is 13.5. The molecular weight excluding hydrogens is 239 g/mol. The van der Waals surface area contributed by atoms with E-state index < -0.39 is 0 Å². The van der Waals surface area contributed by atoms with Crippen LogP contribution in [0.5, 0.6) is 0 Å². The van der Waals surface area contributed by atoms with Gasteiger partial charge >= 0.3 is 0 Å². The van der Waals surface area contributed by atoms with Crippen LogP contribution in [0.15, 0.2) is 18.2 Å². The number of halogens is 1. The third-order valence-electron chi connectivity index (χ3n) is 4.88. The van der Waals surface area contributed by atoms with Crippen LogP contribution in [0, 0.1) is 5.82 Å². The monoisotopic (exact) mass is 262 g/mol. The van der Waals surface area contributed by atoms with Gasteiger partial charge in [0.1, 0.15) is 5.82 Å². The first-order valence-electron chi connectivity index (χ1n) is 7.44. The molecule has 2 aliphatic rings. The standard InChI is InChI=1S/C16H23FN2/c1-12(18)16(7-8-16)13-5-6-15(14(17)11-13)19-9-3-2-4-10-19/h5-6,11-12H,2-4,7-10,18H2,1H3. The number of nitrogens with zero attached hydrogens (tertiary/aromatic N) is 1. The van der Waals surface area contributed by atoms with Gasteiger partial charge < -0.3 is 10.6 Å². The molecule has 1 heterocycles. The summed E-state index contributed by atoms with van der Waals surface area (Å²) in [5.74, 6) is -0.0775. The van der Waals surface area contributed by atoms with Gasteiger partial charge in [-0.2, -0.15) is 0 Å². The van der Waals surface area contributed by atoms with E-state index in [1.165, 1.54) is 19.3 Å². The lowest BCUT2D eigenvalue weighted by molar-refractivity contribution is 0.539. The van der Waals surface area contributed by atoms with Crippen LogP contribution in [0.4, 0.5) is 10.1 Å². The van der Waals surface area contributed by atoms with Gasteiger partial charge in [-0.1, -0.05) is 6.07 Å². The minimum Gasteiger partial charge on any atom is -0.369 e. The van der Waals surface area contributed by atoms with Crippen molar-refractivity contribution in [3.8, 4) is 0 Å². The minimum absolute atomic E-state index is 0.0429. The smallest absolute Gasteiger partial charge is 0.146 e. The van der Waals surface area contributed by atoms with Crippen LogP contribution in [0.2, 0.25) is 0 Å². The van der Waals surface area contributed by atoms with Crippen molar-refractivity contribution in [1.29, 1.82) is 0 Å². The van der Waals surface area contributed by atoms with Crippen LogP contribution < -0.4 is 10.6 Å². The molecule has 2 nitrogen and oxygen atoms in total. The molecule has 1 aliphatic carbocycles. The first-order chi connectivity index (χ1) is 9.13. The average Bonchev–Trinajstić information content (AvgIpc) is 3.21. The molecule has 0 spiro atoms. The van der Waals surface area contributed by atoms with E-state index in [0.717, 1.165) is 37.2 Å².